The largest absolute Gasteiger partial charge is 0.481 e. The van der Waals surface area contributed by atoms with Gasteiger partial charge < -0.3 is 15.7 Å². The summed E-state index contributed by atoms with van der Waals surface area (Å²) in [7, 11) is 0. The van der Waals surface area contributed by atoms with Crippen LogP contribution in [0.4, 0.5) is 0 Å². The lowest BCUT2D eigenvalue weighted by Crippen LogP contribution is -2.47. The van der Waals surface area contributed by atoms with Gasteiger partial charge in [-0.2, -0.15) is 0 Å². The van der Waals surface area contributed by atoms with Crippen molar-refractivity contribution in [3.63, 3.8) is 0 Å². The van der Waals surface area contributed by atoms with Gasteiger partial charge in [-0.3, -0.25) is 19.4 Å². The normalized spacial score (nSPS) is 12.6. The van der Waals surface area contributed by atoms with Gasteiger partial charge in [0.05, 0.1) is 0 Å². The molecule has 0 fully saturated rings. The molecule has 1 aromatic heterocycles. The Kier molecular flexibility index (Phi) is 24.2. The zero-order valence-electron chi connectivity index (χ0n) is 28.4. The summed E-state index contributed by atoms with van der Waals surface area (Å²) in [6, 6.07) is 3.60. The molecule has 1 aromatic rings. The molecule has 0 aliphatic heterocycles. The van der Waals surface area contributed by atoms with Crippen molar-refractivity contribution in [1.82, 2.24) is 15.6 Å². The Morgan fingerprint density at radius 2 is 1.34 bits per heavy atom. The van der Waals surface area contributed by atoms with Crippen LogP contribution in [0.2, 0.25) is 0 Å². The van der Waals surface area contributed by atoms with Crippen LogP contribution < -0.4 is 10.6 Å². The molecule has 0 saturated carbocycles. The fraction of sp³-hybridized carbons (Fsp3) is 0.784. The number of carbonyl (C=O) groups is 3. The summed E-state index contributed by atoms with van der Waals surface area (Å²) in [6.45, 7) is 7.04. The number of hydrogen-bond acceptors (Lipinski definition) is 4. The molecule has 252 valence electrons. The van der Waals surface area contributed by atoms with Crippen molar-refractivity contribution in [2.24, 2.45) is 11.8 Å². The number of aromatic nitrogens is 1. The second-order valence-corrected chi connectivity index (χ2v) is 13.2. The quantitative estimate of drug-likeness (QED) is 0.0781. The molecule has 1 rings (SSSR count). The van der Waals surface area contributed by atoms with Crippen LogP contribution in [0.5, 0.6) is 0 Å². The second kappa shape index (κ2) is 26.9. The third kappa shape index (κ3) is 23.0. The molecule has 2 amide bonds. The van der Waals surface area contributed by atoms with E-state index in [1.54, 1.807) is 0 Å². The van der Waals surface area contributed by atoms with E-state index in [2.05, 4.69) is 36.4 Å². The fourth-order valence-electron chi connectivity index (χ4n) is 5.91. The maximum absolute atomic E-state index is 12.8. The average molecular weight is 616 g/mol. The zero-order chi connectivity index (χ0) is 32.3. The molecule has 44 heavy (non-hydrogen) atoms. The first-order valence-corrected chi connectivity index (χ1v) is 18.0. The molecule has 2 atom stereocenters. The average Bonchev–Trinajstić information content (AvgIpc) is 2.98. The Labute approximate surface area is 269 Å². The van der Waals surface area contributed by atoms with Gasteiger partial charge in [0.15, 0.2) is 0 Å². The van der Waals surface area contributed by atoms with E-state index in [1.807, 2.05) is 24.5 Å². The van der Waals surface area contributed by atoms with Crippen LogP contribution in [0.1, 0.15) is 161 Å². The van der Waals surface area contributed by atoms with Gasteiger partial charge >= 0.3 is 5.97 Å². The summed E-state index contributed by atoms with van der Waals surface area (Å²) in [5.41, 5.74) is 1.26. The predicted octanol–water partition coefficient (Wildman–Crippen LogP) is 8.79. The maximum Gasteiger partial charge on any atom is 0.303 e. The fourth-order valence-corrected chi connectivity index (χ4v) is 5.91. The van der Waals surface area contributed by atoms with E-state index in [0.29, 0.717) is 25.3 Å². The van der Waals surface area contributed by atoms with Crippen LogP contribution in [0.3, 0.4) is 0 Å². The summed E-state index contributed by atoms with van der Waals surface area (Å²) in [4.78, 5) is 40.7. The first-order chi connectivity index (χ1) is 21.3. The van der Waals surface area contributed by atoms with Crippen molar-refractivity contribution in [2.45, 2.75) is 168 Å². The van der Waals surface area contributed by atoms with Crippen LogP contribution in [0.15, 0.2) is 24.5 Å². The van der Waals surface area contributed by atoms with Crippen molar-refractivity contribution in [3.8, 4) is 0 Å². The molecule has 0 aliphatic carbocycles. The van der Waals surface area contributed by atoms with E-state index < -0.39 is 12.0 Å². The standard InChI is InChI=1S/C37H65N3O4/c1-4-5-6-7-8-9-10-14-17-23-35(41)40-34(29-31(2)3)37(44)39-26-18-15-12-11-13-16-20-33(30-36(42)43)22-19-21-32-24-27-38-28-25-32/h24-25,27-28,31,33-34H,4-23,26,29-30H2,1-3H3,(H,39,44)(H,40,41)(H,42,43)/t33?,34-/m0/s1. The van der Waals surface area contributed by atoms with Crippen molar-refractivity contribution in [3.05, 3.63) is 30.1 Å². The molecule has 0 saturated heterocycles. The number of pyridine rings is 1. The van der Waals surface area contributed by atoms with Crippen molar-refractivity contribution >= 4 is 17.8 Å². The van der Waals surface area contributed by atoms with Crippen molar-refractivity contribution in [1.29, 1.82) is 0 Å². The van der Waals surface area contributed by atoms with Gasteiger partial charge in [-0.25, -0.2) is 0 Å². The number of aryl methyl sites for hydroxylation is 1. The monoisotopic (exact) mass is 615 g/mol. The molecule has 7 nitrogen and oxygen atoms in total. The van der Waals surface area contributed by atoms with E-state index in [-0.39, 0.29) is 24.2 Å². The molecule has 0 spiro atoms. The second-order valence-electron chi connectivity index (χ2n) is 13.2. The summed E-state index contributed by atoms with van der Waals surface area (Å²) in [5.74, 6) is -0.195. The van der Waals surface area contributed by atoms with E-state index in [1.165, 1.54) is 50.5 Å². The highest BCUT2D eigenvalue weighted by atomic mass is 16.4. The molecular weight excluding hydrogens is 550 g/mol. The van der Waals surface area contributed by atoms with Gasteiger partial charge in [-0.1, -0.05) is 104 Å². The first-order valence-electron chi connectivity index (χ1n) is 18.0. The molecule has 0 bridgehead atoms. The van der Waals surface area contributed by atoms with Gasteiger partial charge in [-0.05, 0) is 74.5 Å². The number of aliphatic carboxylic acids is 1. The Morgan fingerprint density at radius 1 is 0.773 bits per heavy atom. The molecule has 3 N–H and O–H groups in total. The lowest BCUT2D eigenvalue weighted by molar-refractivity contribution is -0.138. The van der Waals surface area contributed by atoms with Crippen LogP contribution in [-0.2, 0) is 20.8 Å². The number of carboxylic acids is 1. The van der Waals surface area contributed by atoms with Gasteiger partial charge in [-0.15, -0.1) is 0 Å². The molecule has 7 heteroatoms. The molecule has 1 heterocycles. The van der Waals surface area contributed by atoms with Crippen molar-refractivity contribution < 1.29 is 19.5 Å². The Balaban J connectivity index is 2.16. The summed E-state index contributed by atoms with van der Waals surface area (Å²) in [5, 5.41) is 15.4. The Bertz CT molecular complexity index is 862. The topological polar surface area (TPSA) is 108 Å². The van der Waals surface area contributed by atoms with E-state index in [4.69, 9.17) is 0 Å². The zero-order valence-corrected chi connectivity index (χ0v) is 28.4. The predicted molar refractivity (Wildman–Crippen MR) is 181 cm³/mol. The number of nitrogens with zero attached hydrogens (tertiary/aromatic N) is 1. The van der Waals surface area contributed by atoms with Gasteiger partial charge in [0.2, 0.25) is 11.8 Å². The van der Waals surface area contributed by atoms with Crippen LogP contribution >= 0.6 is 0 Å². The highest BCUT2D eigenvalue weighted by Crippen LogP contribution is 2.21. The number of unbranched alkanes of at least 4 members (excludes halogenated alkanes) is 13. The Morgan fingerprint density at radius 3 is 1.95 bits per heavy atom. The van der Waals surface area contributed by atoms with Crippen LogP contribution in [0, 0.1) is 11.8 Å². The minimum absolute atomic E-state index is 0.00640. The molecular formula is C37H65N3O4. The molecule has 0 aromatic carbocycles. The minimum atomic E-state index is -0.699. The maximum atomic E-state index is 12.8. The highest BCUT2D eigenvalue weighted by Gasteiger charge is 2.21. The SMILES string of the molecule is CCCCCCCCCCCC(=O)N[C@@H](CC(C)C)C(=O)NCCCCCCCCC(CCCc1ccncc1)CC(=O)O. The van der Waals surface area contributed by atoms with E-state index >= 15 is 0 Å². The third-order valence-electron chi connectivity index (χ3n) is 8.50. The summed E-state index contributed by atoms with van der Waals surface area (Å²) >= 11 is 0. The highest BCUT2D eigenvalue weighted by molar-refractivity contribution is 5.87. The van der Waals surface area contributed by atoms with Gasteiger partial charge in [0.1, 0.15) is 6.04 Å². The van der Waals surface area contributed by atoms with Gasteiger partial charge in [0.25, 0.3) is 0 Å². The minimum Gasteiger partial charge on any atom is -0.481 e. The lowest BCUT2D eigenvalue weighted by Gasteiger charge is -2.20. The number of rotatable bonds is 29. The molecule has 1 unspecified atom stereocenters. The van der Waals surface area contributed by atoms with Crippen LogP contribution in [-0.4, -0.2) is 40.5 Å². The number of hydrogen-bond donors (Lipinski definition) is 3. The number of carboxylic acid groups (broad SMARTS) is 1. The number of carbonyl (C=O) groups excluding carboxylic acids is 2. The van der Waals surface area contributed by atoms with Gasteiger partial charge in [0, 0.05) is 31.8 Å². The molecule has 0 aliphatic rings. The van der Waals surface area contributed by atoms with E-state index in [9.17, 15) is 19.5 Å². The number of nitrogens with one attached hydrogen (secondary N) is 2. The number of amides is 2. The summed E-state index contributed by atoms with van der Waals surface area (Å²) in [6.07, 6.45) is 26.4. The summed E-state index contributed by atoms with van der Waals surface area (Å²) < 4.78 is 0. The van der Waals surface area contributed by atoms with Crippen LogP contribution in [0.25, 0.3) is 0 Å². The smallest absolute Gasteiger partial charge is 0.303 e. The van der Waals surface area contributed by atoms with Crippen molar-refractivity contribution in [2.75, 3.05) is 6.54 Å². The van der Waals surface area contributed by atoms with E-state index in [0.717, 1.165) is 77.0 Å². The first kappa shape index (κ1) is 39.6. The lowest BCUT2D eigenvalue weighted by atomic mass is 9.91. The third-order valence-corrected chi connectivity index (χ3v) is 8.50. The Hall–Kier alpha value is -2.44. The molecule has 0 radical (unpaired) electrons.